The molecule has 1 aromatic carbocycles. The van der Waals surface area contributed by atoms with Crippen molar-refractivity contribution in [2.45, 2.75) is 10.8 Å². The lowest BCUT2D eigenvalue weighted by atomic mass is 10.2. The van der Waals surface area contributed by atoms with Gasteiger partial charge < -0.3 is 5.73 Å². The fraction of sp³-hybridized carbons (Fsp3) is 0.143. The van der Waals surface area contributed by atoms with Gasteiger partial charge >= 0.3 is 0 Å². The zero-order valence-corrected chi connectivity index (χ0v) is 12.7. The molecule has 3 rings (SSSR count). The number of aromatic nitrogens is 2. The number of thiazole rings is 1. The Labute approximate surface area is 126 Å². The van der Waals surface area contributed by atoms with Gasteiger partial charge in [-0.25, -0.2) is 13.4 Å². The summed E-state index contributed by atoms with van der Waals surface area (Å²) in [6, 6.07) is 8.83. The van der Waals surface area contributed by atoms with Gasteiger partial charge in [-0.15, -0.1) is 11.3 Å². The van der Waals surface area contributed by atoms with Crippen LogP contribution in [-0.4, -0.2) is 24.1 Å². The molecule has 5 nitrogen and oxygen atoms in total. The van der Waals surface area contributed by atoms with Gasteiger partial charge in [0.15, 0.2) is 0 Å². The van der Waals surface area contributed by atoms with Crippen molar-refractivity contribution in [3.05, 3.63) is 48.3 Å². The predicted molar refractivity (Wildman–Crippen MR) is 84.0 cm³/mol. The van der Waals surface area contributed by atoms with E-state index in [2.05, 4.69) is 9.97 Å². The monoisotopic (exact) mass is 319 g/mol. The maximum absolute atomic E-state index is 12.4. The van der Waals surface area contributed by atoms with Gasteiger partial charge in [0, 0.05) is 18.1 Å². The Bertz CT molecular complexity index is 874. The van der Waals surface area contributed by atoms with Crippen molar-refractivity contribution in [3.63, 3.8) is 0 Å². The molecule has 0 saturated carbocycles. The molecule has 2 aromatic heterocycles. The first-order chi connectivity index (χ1) is 10.0. The first-order valence-electron chi connectivity index (χ1n) is 6.32. The standard InChI is InChI=1S/C14H13N3O2S2/c15-11-1-2-12-13(9-11)20-14(17-12)21(18,19)8-5-10-3-6-16-7-4-10/h1-4,6-7,9H,5,8,15H2. The Morgan fingerprint density at radius 3 is 2.67 bits per heavy atom. The number of fused-ring (bicyclic) bond motifs is 1. The van der Waals surface area contributed by atoms with Gasteiger partial charge in [-0.2, -0.15) is 0 Å². The molecule has 0 atom stereocenters. The van der Waals surface area contributed by atoms with Crippen molar-refractivity contribution < 1.29 is 8.42 Å². The van der Waals surface area contributed by atoms with Gasteiger partial charge in [-0.3, -0.25) is 4.98 Å². The summed E-state index contributed by atoms with van der Waals surface area (Å²) in [5.41, 5.74) is 7.91. The fourth-order valence-electron chi connectivity index (χ4n) is 1.94. The number of anilines is 1. The second kappa shape index (κ2) is 5.42. The third-order valence-electron chi connectivity index (χ3n) is 3.07. The van der Waals surface area contributed by atoms with Crippen LogP contribution in [-0.2, 0) is 16.3 Å². The van der Waals surface area contributed by atoms with E-state index in [0.717, 1.165) is 21.6 Å². The van der Waals surface area contributed by atoms with Crippen LogP contribution in [0.2, 0.25) is 0 Å². The average molecular weight is 319 g/mol. The number of rotatable bonds is 4. The minimum atomic E-state index is -3.39. The lowest BCUT2D eigenvalue weighted by molar-refractivity contribution is 0.594. The van der Waals surface area contributed by atoms with Crippen molar-refractivity contribution in [1.29, 1.82) is 0 Å². The average Bonchev–Trinajstić information content (AvgIpc) is 2.90. The second-order valence-electron chi connectivity index (χ2n) is 4.63. The van der Waals surface area contributed by atoms with Crippen LogP contribution in [0.3, 0.4) is 0 Å². The zero-order chi connectivity index (χ0) is 14.9. The molecule has 108 valence electrons. The van der Waals surface area contributed by atoms with E-state index in [1.54, 1.807) is 30.6 Å². The molecule has 0 bridgehead atoms. The maximum atomic E-state index is 12.4. The highest BCUT2D eigenvalue weighted by atomic mass is 32.2. The van der Waals surface area contributed by atoms with Crippen molar-refractivity contribution in [2.75, 3.05) is 11.5 Å². The number of nitrogens with zero attached hydrogens (tertiary/aromatic N) is 2. The minimum absolute atomic E-state index is 0.0340. The molecule has 0 fully saturated rings. The van der Waals surface area contributed by atoms with Crippen molar-refractivity contribution in [3.8, 4) is 0 Å². The first-order valence-corrected chi connectivity index (χ1v) is 8.79. The highest BCUT2D eigenvalue weighted by Gasteiger charge is 2.19. The van der Waals surface area contributed by atoms with Crippen LogP contribution in [0, 0.1) is 0 Å². The van der Waals surface area contributed by atoms with Gasteiger partial charge in [0.1, 0.15) is 0 Å². The zero-order valence-electron chi connectivity index (χ0n) is 11.1. The summed E-state index contributed by atoms with van der Waals surface area (Å²) >= 11 is 1.16. The van der Waals surface area contributed by atoms with Crippen molar-refractivity contribution in [1.82, 2.24) is 9.97 Å². The molecule has 0 amide bonds. The Balaban J connectivity index is 1.86. The third-order valence-corrected chi connectivity index (χ3v) is 6.26. The molecule has 0 saturated heterocycles. The summed E-state index contributed by atoms with van der Waals surface area (Å²) in [6.45, 7) is 0. The molecule has 0 aliphatic rings. The number of hydrogen-bond acceptors (Lipinski definition) is 6. The number of nitrogen functional groups attached to an aromatic ring is 1. The number of aryl methyl sites for hydroxylation is 1. The van der Waals surface area contributed by atoms with E-state index in [1.807, 2.05) is 12.1 Å². The normalized spacial score (nSPS) is 11.8. The summed E-state index contributed by atoms with van der Waals surface area (Å²) in [5.74, 6) is 0.0340. The van der Waals surface area contributed by atoms with Gasteiger partial charge in [-0.05, 0) is 42.3 Å². The highest BCUT2D eigenvalue weighted by Crippen LogP contribution is 2.27. The van der Waals surface area contributed by atoms with Gasteiger partial charge in [0.2, 0.25) is 14.2 Å². The largest absolute Gasteiger partial charge is 0.399 e. The smallest absolute Gasteiger partial charge is 0.210 e. The van der Waals surface area contributed by atoms with E-state index in [4.69, 9.17) is 5.73 Å². The molecule has 3 aromatic rings. The van der Waals surface area contributed by atoms with Crippen molar-refractivity contribution >= 4 is 37.1 Å². The summed E-state index contributed by atoms with van der Waals surface area (Å²) < 4.78 is 25.7. The van der Waals surface area contributed by atoms with Crippen molar-refractivity contribution in [2.24, 2.45) is 0 Å². The summed E-state index contributed by atoms with van der Waals surface area (Å²) in [6.07, 6.45) is 3.76. The number of benzene rings is 1. The number of hydrogen-bond donors (Lipinski definition) is 1. The maximum Gasteiger partial charge on any atom is 0.210 e. The summed E-state index contributed by atoms with van der Waals surface area (Å²) in [7, 11) is -3.39. The van der Waals surface area contributed by atoms with Gasteiger partial charge in [0.05, 0.1) is 16.0 Å². The first kappa shape index (κ1) is 14.0. The molecule has 2 heterocycles. The van der Waals surface area contributed by atoms with Gasteiger partial charge in [-0.1, -0.05) is 0 Å². The lowest BCUT2D eigenvalue weighted by Gasteiger charge is -2.00. The minimum Gasteiger partial charge on any atom is -0.399 e. The van der Waals surface area contributed by atoms with Gasteiger partial charge in [0.25, 0.3) is 0 Å². The summed E-state index contributed by atoms with van der Waals surface area (Å²) in [5, 5.41) is 0. The quantitative estimate of drug-likeness (QED) is 0.746. The topological polar surface area (TPSA) is 85.9 Å². The fourth-order valence-corrected chi connectivity index (χ4v) is 4.63. The molecule has 2 N–H and O–H groups in total. The molecule has 0 radical (unpaired) electrons. The molecular weight excluding hydrogens is 306 g/mol. The SMILES string of the molecule is Nc1ccc2nc(S(=O)(=O)CCc3ccncc3)sc2c1. The Kier molecular flexibility index (Phi) is 3.60. The number of nitrogens with two attached hydrogens (primary N) is 1. The molecule has 0 unspecified atom stereocenters. The third kappa shape index (κ3) is 3.03. The van der Waals surface area contributed by atoms with E-state index in [9.17, 15) is 8.42 Å². The lowest BCUT2D eigenvalue weighted by Crippen LogP contribution is -2.08. The van der Waals surface area contributed by atoms with Crippen LogP contribution in [0.25, 0.3) is 10.2 Å². The Morgan fingerprint density at radius 1 is 1.14 bits per heavy atom. The Hall–Kier alpha value is -1.99. The molecule has 0 aliphatic heterocycles. The number of pyridine rings is 1. The molecule has 0 spiro atoms. The van der Waals surface area contributed by atoms with E-state index in [-0.39, 0.29) is 10.1 Å². The highest BCUT2D eigenvalue weighted by molar-refractivity contribution is 7.93. The molecule has 21 heavy (non-hydrogen) atoms. The van der Waals surface area contributed by atoms with E-state index in [1.165, 1.54) is 0 Å². The van der Waals surface area contributed by atoms with Crippen LogP contribution < -0.4 is 5.73 Å². The number of sulfone groups is 1. The predicted octanol–water partition coefficient (Wildman–Crippen LogP) is 2.29. The van der Waals surface area contributed by atoms with E-state index in [0.29, 0.717) is 17.6 Å². The second-order valence-corrected chi connectivity index (χ2v) is 7.94. The molecule has 7 heteroatoms. The molecular formula is C14H13N3O2S2. The van der Waals surface area contributed by atoms with Crippen LogP contribution >= 0.6 is 11.3 Å². The Morgan fingerprint density at radius 2 is 1.90 bits per heavy atom. The van der Waals surface area contributed by atoms with Crippen LogP contribution in [0.5, 0.6) is 0 Å². The van der Waals surface area contributed by atoms with Crippen LogP contribution in [0.4, 0.5) is 5.69 Å². The van der Waals surface area contributed by atoms with Crippen LogP contribution in [0.1, 0.15) is 5.56 Å². The van der Waals surface area contributed by atoms with E-state index < -0.39 is 9.84 Å². The van der Waals surface area contributed by atoms with Crippen LogP contribution in [0.15, 0.2) is 47.1 Å². The molecule has 0 aliphatic carbocycles. The summed E-state index contributed by atoms with van der Waals surface area (Å²) in [4.78, 5) is 8.11. The van der Waals surface area contributed by atoms with E-state index >= 15 is 0 Å².